The van der Waals surface area contributed by atoms with E-state index >= 15 is 0 Å². The van der Waals surface area contributed by atoms with E-state index in [0.29, 0.717) is 10.8 Å². The summed E-state index contributed by atoms with van der Waals surface area (Å²) < 4.78 is 0. The van der Waals surface area contributed by atoms with Gasteiger partial charge in [-0.25, -0.2) is 0 Å². The summed E-state index contributed by atoms with van der Waals surface area (Å²) >= 11 is 0. The highest BCUT2D eigenvalue weighted by Gasteiger charge is 2.55. The molecule has 0 aromatic rings. The average Bonchev–Trinajstić information content (AvgIpc) is 3.41. The van der Waals surface area contributed by atoms with Crippen LogP contribution in [0.25, 0.3) is 0 Å². The molecule has 7 unspecified atom stereocenters. The Morgan fingerprint density at radius 3 is 2.64 bits per heavy atom. The van der Waals surface area contributed by atoms with E-state index in [4.69, 9.17) is 0 Å². The molecule has 0 spiro atoms. The molecule has 0 radical (unpaired) electrons. The van der Waals surface area contributed by atoms with Crippen LogP contribution in [0.2, 0.25) is 0 Å². The number of fused-ring (bicyclic) bond motifs is 4. The van der Waals surface area contributed by atoms with Crippen molar-refractivity contribution >= 4 is 0 Å². The molecular formula is C27H42O. The van der Waals surface area contributed by atoms with E-state index in [1.165, 1.54) is 70.6 Å². The molecule has 5 rings (SSSR count). The van der Waals surface area contributed by atoms with Crippen molar-refractivity contribution in [2.24, 2.45) is 34.5 Å². The van der Waals surface area contributed by atoms with Gasteiger partial charge in [0.15, 0.2) is 0 Å². The molecule has 1 nitrogen and oxygen atoms in total. The average molecular weight is 383 g/mol. The summed E-state index contributed by atoms with van der Waals surface area (Å²) in [5.41, 5.74) is 6.48. The lowest BCUT2D eigenvalue weighted by Crippen LogP contribution is -2.45. The van der Waals surface area contributed by atoms with Crippen LogP contribution < -0.4 is 0 Å². The summed E-state index contributed by atoms with van der Waals surface area (Å²) in [4.78, 5) is 0. The number of allylic oxidation sites excluding steroid dienone is 4. The molecule has 0 aromatic carbocycles. The quantitative estimate of drug-likeness (QED) is 0.509. The van der Waals surface area contributed by atoms with Gasteiger partial charge in [0.25, 0.3) is 0 Å². The number of hydrogen-bond acceptors (Lipinski definition) is 1. The molecule has 0 aliphatic heterocycles. The Kier molecular flexibility index (Phi) is 4.85. The third-order valence-electron chi connectivity index (χ3n) is 10.3. The minimum Gasteiger partial charge on any atom is -0.393 e. The van der Waals surface area contributed by atoms with E-state index in [2.05, 4.69) is 26.8 Å². The standard InChI is InChI=1S/C27H42O/c1-18(5-4-6-19-7-8-19)23-11-12-24-22-10-9-20-17-21(28)13-15-26(20,2)25(22)14-16-27(23,24)3/h6,18,20-21,23-24,28H,4-5,7-17H2,1-3H3. The van der Waals surface area contributed by atoms with Gasteiger partial charge in [-0.15, -0.1) is 0 Å². The molecule has 3 saturated carbocycles. The second-order valence-corrected chi connectivity index (χ2v) is 11.7. The van der Waals surface area contributed by atoms with Gasteiger partial charge in [0, 0.05) is 0 Å². The van der Waals surface area contributed by atoms with Gasteiger partial charge in [-0.1, -0.05) is 43.6 Å². The van der Waals surface area contributed by atoms with Crippen LogP contribution >= 0.6 is 0 Å². The molecule has 5 aliphatic rings. The first-order valence-electron chi connectivity index (χ1n) is 12.5. The maximum absolute atomic E-state index is 10.2. The van der Waals surface area contributed by atoms with Crippen molar-refractivity contribution in [3.8, 4) is 0 Å². The van der Waals surface area contributed by atoms with Crippen LogP contribution in [0.5, 0.6) is 0 Å². The Labute approximate surface area is 173 Å². The molecule has 0 heterocycles. The van der Waals surface area contributed by atoms with Crippen LogP contribution in [-0.2, 0) is 0 Å². The van der Waals surface area contributed by atoms with E-state index in [0.717, 1.165) is 36.5 Å². The molecular weight excluding hydrogens is 340 g/mol. The smallest absolute Gasteiger partial charge is 0.0543 e. The van der Waals surface area contributed by atoms with Crippen molar-refractivity contribution in [2.45, 2.75) is 110 Å². The Morgan fingerprint density at radius 1 is 1.04 bits per heavy atom. The van der Waals surface area contributed by atoms with Crippen LogP contribution in [0.3, 0.4) is 0 Å². The molecule has 3 fully saturated rings. The first-order valence-corrected chi connectivity index (χ1v) is 12.5. The fourth-order valence-electron chi connectivity index (χ4n) is 8.44. The molecule has 1 heteroatoms. The Hall–Kier alpha value is -0.560. The topological polar surface area (TPSA) is 20.2 Å². The van der Waals surface area contributed by atoms with Crippen LogP contribution in [0.4, 0.5) is 0 Å². The number of aliphatic hydroxyl groups is 1. The lowest BCUT2D eigenvalue weighted by molar-refractivity contribution is 0.0133. The van der Waals surface area contributed by atoms with Crippen molar-refractivity contribution in [2.75, 3.05) is 0 Å². The Balaban J connectivity index is 1.36. The molecule has 5 aliphatic carbocycles. The first-order chi connectivity index (χ1) is 13.4. The third kappa shape index (κ3) is 3.06. The maximum Gasteiger partial charge on any atom is 0.0543 e. The van der Waals surface area contributed by atoms with Gasteiger partial charge in [0.05, 0.1) is 6.10 Å². The van der Waals surface area contributed by atoms with Gasteiger partial charge in [-0.2, -0.15) is 0 Å². The number of hydrogen-bond donors (Lipinski definition) is 1. The van der Waals surface area contributed by atoms with Gasteiger partial charge in [-0.05, 0) is 118 Å². The second-order valence-electron chi connectivity index (χ2n) is 11.7. The zero-order chi connectivity index (χ0) is 19.5. The minimum absolute atomic E-state index is 0.0311. The van der Waals surface area contributed by atoms with Crippen LogP contribution in [-0.4, -0.2) is 11.2 Å². The maximum atomic E-state index is 10.2. The zero-order valence-electron chi connectivity index (χ0n) is 18.6. The van der Waals surface area contributed by atoms with Gasteiger partial charge >= 0.3 is 0 Å². The lowest BCUT2D eigenvalue weighted by atomic mass is 9.50. The Bertz CT molecular complexity index is 680. The molecule has 28 heavy (non-hydrogen) atoms. The van der Waals surface area contributed by atoms with Crippen LogP contribution in [0.1, 0.15) is 104 Å². The zero-order valence-corrected chi connectivity index (χ0v) is 18.6. The van der Waals surface area contributed by atoms with Crippen molar-refractivity contribution in [3.63, 3.8) is 0 Å². The highest BCUT2D eigenvalue weighted by molar-refractivity contribution is 5.34. The molecule has 0 bridgehead atoms. The van der Waals surface area contributed by atoms with E-state index in [9.17, 15) is 5.11 Å². The second kappa shape index (κ2) is 7.00. The Morgan fingerprint density at radius 2 is 1.86 bits per heavy atom. The first kappa shape index (κ1) is 19.4. The minimum atomic E-state index is -0.0311. The molecule has 1 N–H and O–H groups in total. The normalized spacial score (nSPS) is 45.9. The predicted molar refractivity (Wildman–Crippen MR) is 117 cm³/mol. The summed E-state index contributed by atoms with van der Waals surface area (Å²) in [7, 11) is 0. The summed E-state index contributed by atoms with van der Waals surface area (Å²) in [5, 5.41) is 10.2. The largest absolute Gasteiger partial charge is 0.393 e. The van der Waals surface area contributed by atoms with Crippen LogP contribution in [0.15, 0.2) is 22.8 Å². The third-order valence-corrected chi connectivity index (χ3v) is 10.3. The molecule has 0 amide bonds. The van der Waals surface area contributed by atoms with E-state index in [1.807, 2.05) is 11.1 Å². The summed E-state index contributed by atoms with van der Waals surface area (Å²) in [6.45, 7) is 7.81. The fraction of sp³-hybridized carbons (Fsp3) is 0.852. The lowest BCUT2D eigenvalue weighted by Gasteiger charge is -2.55. The molecule has 156 valence electrons. The predicted octanol–water partition coefficient (Wildman–Crippen LogP) is 7.21. The summed E-state index contributed by atoms with van der Waals surface area (Å²) in [6.07, 6.45) is 19.7. The van der Waals surface area contributed by atoms with Gasteiger partial charge in [-0.3, -0.25) is 0 Å². The highest BCUT2D eigenvalue weighted by atomic mass is 16.3. The van der Waals surface area contributed by atoms with Gasteiger partial charge in [0.2, 0.25) is 0 Å². The number of rotatable bonds is 4. The van der Waals surface area contributed by atoms with E-state index < -0.39 is 0 Å². The van der Waals surface area contributed by atoms with Crippen molar-refractivity contribution in [3.05, 3.63) is 22.8 Å². The fourth-order valence-corrected chi connectivity index (χ4v) is 8.44. The van der Waals surface area contributed by atoms with Crippen molar-refractivity contribution in [1.29, 1.82) is 0 Å². The molecule has 0 saturated heterocycles. The van der Waals surface area contributed by atoms with Gasteiger partial charge in [0.1, 0.15) is 0 Å². The van der Waals surface area contributed by atoms with Gasteiger partial charge < -0.3 is 5.11 Å². The van der Waals surface area contributed by atoms with E-state index in [-0.39, 0.29) is 6.10 Å². The highest BCUT2D eigenvalue weighted by Crippen LogP contribution is 2.66. The SMILES string of the molecule is CC(CCC=C1CC1)C1CCC2C3=C(CCC21C)C1(C)CCC(O)CC1CC3. The van der Waals surface area contributed by atoms with Crippen LogP contribution in [0, 0.1) is 34.5 Å². The van der Waals surface area contributed by atoms with Crippen molar-refractivity contribution < 1.29 is 5.11 Å². The molecule has 7 atom stereocenters. The monoisotopic (exact) mass is 382 g/mol. The summed E-state index contributed by atoms with van der Waals surface area (Å²) in [6, 6.07) is 0. The summed E-state index contributed by atoms with van der Waals surface area (Å²) in [5.74, 6) is 3.42. The molecule has 0 aromatic heterocycles. The van der Waals surface area contributed by atoms with E-state index in [1.54, 1.807) is 5.57 Å². The number of aliphatic hydroxyl groups excluding tert-OH is 1. The van der Waals surface area contributed by atoms with Crippen molar-refractivity contribution in [1.82, 2.24) is 0 Å².